The van der Waals surface area contributed by atoms with Crippen molar-refractivity contribution in [1.82, 2.24) is 9.78 Å². The minimum atomic E-state index is 0.274. The van der Waals surface area contributed by atoms with E-state index in [1.54, 1.807) is 17.8 Å². The van der Waals surface area contributed by atoms with E-state index in [1.807, 2.05) is 24.3 Å². The number of rotatable bonds is 2. The summed E-state index contributed by atoms with van der Waals surface area (Å²) < 4.78 is 6.73. The van der Waals surface area contributed by atoms with E-state index in [-0.39, 0.29) is 5.22 Å². The first kappa shape index (κ1) is 13.1. The number of furan rings is 1. The predicted octanol–water partition coefficient (Wildman–Crippen LogP) is 4.24. The molecule has 0 bridgehead atoms. The van der Waals surface area contributed by atoms with Crippen LogP contribution in [0.5, 0.6) is 0 Å². The number of nitrogens with two attached hydrogens (primary N) is 1. The Bertz CT molecular complexity index is 777. The zero-order valence-corrected chi connectivity index (χ0v) is 12.1. The molecule has 20 heavy (non-hydrogen) atoms. The smallest absolute Gasteiger partial charge is 0.202 e. The van der Waals surface area contributed by atoms with E-state index in [9.17, 15) is 0 Å². The van der Waals surface area contributed by atoms with Crippen molar-refractivity contribution in [3.8, 4) is 22.4 Å². The molecule has 2 heterocycles. The number of hydrogen-bond donors (Lipinski definition) is 1. The van der Waals surface area contributed by atoms with Crippen LogP contribution in [0.3, 0.4) is 0 Å². The van der Waals surface area contributed by atoms with Crippen molar-refractivity contribution in [1.29, 1.82) is 0 Å². The van der Waals surface area contributed by atoms with Gasteiger partial charge in [0.1, 0.15) is 11.5 Å². The molecule has 0 aliphatic rings. The van der Waals surface area contributed by atoms with Gasteiger partial charge in [0.05, 0.1) is 17.4 Å². The summed E-state index contributed by atoms with van der Waals surface area (Å²) >= 11 is 12.3. The molecular weight excluding hydrogens is 297 g/mol. The summed E-state index contributed by atoms with van der Waals surface area (Å²) in [5.74, 6) is 0.519. The van der Waals surface area contributed by atoms with Crippen LogP contribution in [0.15, 0.2) is 41.0 Å². The first-order valence-corrected chi connectivity index (χ1v) is 6.66. The largest absolute Gasteiger partial charge is 0.452 e. The highest BCUT2D eigenvalue weighted by Gasteiger charge is 2.21. The van der Waals surface area contributed by atoms with Gasteiger partial charge in [0.15, 0.2) is 0 Å². The number of anilines is 1. The summed E-state index contributed by atoms with van der Waals surface area (Å²) in [5, 5.41) is 5.30. The highest BCUT2D eigenvalue weighted by atomic mass is 35.5. The number of aryl methyl sites for hydroxylation is 1. The van der Waals surface area contributed by atoms with E-state index in [0.717, 1.165) is 11.1 Å². The minimum absolute atomic E-state index is 0.274. The van der Waals surface area contributed by atoms with Crippen molar-refractivity contribution < 1.29 is 4.42 Å². The molecule has 6 heteroatoms. The maximum Gasteiger partial charge on any atom is 0.202 e. The fourth-order valence-corrected chi connectivity index (χ4v) is 2.55. The third kappa shape index (κ3) is 1.97. The van der Waals surface area contributed by atoms with Crippen molar-refractivity contribution in [2.45, 2.75) is 0 Å². The molecular formula is C14H11Cl2N3O. The molecule has 1 aromatic carbocycles. The molecule has 0 fully saturated rings. The average Bonchev–Trinajstić information content (AvgIpc) is 2.96. The molecule has 2 aromatic heterocycles. The van der Waals surface area contributed by atoms with Gasteiger partial charge in [-0.25, -0.2) is 0 Å². The Morgan fingerprint density at radius 2 is 1.90 bits per heavy atom. The second-order valence-electron chi connectivity index (χ2n) is 4.32. The zero-order chi connectivity index (χ0) is 14.3. The fraction of sp³-hybridized carbons (Fsp3) is 0.0714. The lowest BCUT2D eigenvalue weighted by Crippen LogP contribution is -1.98. The summed E-state index contributed by atoms with van der Waals surface area (Å²) in [6, 6.07) is 9.22. The summed E-state index contributed by atoms with van der Waals surface area (Å²) in [6.45, 7) is 0. The van der Waals surface area contributed by atoms with E-state index in [1.165, 1.54) is 6.26 Å². The molecule has 3 rings (SSSR count). The quantitative estimate of drug-likeness (QED) is 0.770. The van der Waals surface area contributed by atoms with Crippen LogP contribution in [-0.4, -0.2) is 9.78 Å². The fourth-order valence-electron chi connectivity index (χ4n) is 2.12. The lowest BCUT2D eigenvalue weighted by atomic mass is 10.0. The molecule has 0 spiro atoms. The lowest BCUT2D eigenvalue weighted by molar-refractivity contribution is 0.570. The monoisotopic (exact) mass is 307 g/mol. The summed E-state index contributed by atoms with van der Waals surface area (Å²) in [6.07, 6.45) is 1.51. The lowest BCUT2D eigenvalue weighted by Gasteiger charge is -2.05. The maximum atomic E-state index is 6.26. The van der Waals surface area contributed by atoms with Gasteiger partial charge in [-0.3, -0.25) is 4.68 Å². The van der Waals surface area contributed by atoms with E-state index in [4.69, 9.17) is 33.4 Å². The van der Waals surface area contributed by atoms with Crippen LogP contribution < -0.4 is 5.73 Å². The van der Waals surface area contributed by atoms with Crippen LogP contribution in [0.4, 0.5) is 5.82 Å². The van der Waals surface area contributed by atoms with Crippen LogP contribution in [0.2, 0.25) is 10.2 Å². The van der Waals surface area contributed by atoms with Crippen molar-refractivity contribution in [3.05, 3.63) is 46.8 Å². The second kappa shape index (κ2) is 4.89. The first-order valence-electron chi connectivity index (χ1n) is 5.90. The molecule has 0 radical (unpaired) electrons. The van der Waals surface area contributed by atoms with Crippen LogP contribution >= 0.6 is 23.2 Å². The molecule has 0 atom stereocenters. The van der Waals surface area contributed by atoms with Crippen molar-refractivity contribution in [3.63, 3.8) is 0 Å². The summed E-state index contributed by atoms with van der Waals surface area (Å²) in [7, 11) is 1.77. The van der Waals surface area contributed by atoms with Crippen LogP contribution in [0, 0.1) is 0 Å². The van der Waals surface area contributed by atoms with E-state index in [0.29, 0.717) is 22.1 Å². The third-order valence-electron chi connectivity index (χ3n) is 3.11. The number of hydrogen-bond acceptors (Lipinski definition) is 3. The number of halogens is 2. The number of aromatic nitrogens is 2. The van der Waals surface area contributed by atoms with Crippen molar-refractivity contribution >= 4 is 29.0 Å². The third-order valence-corrected chi connectivity index (χ3v) is 3.73. The van der Waals surface area contributed by atoms with E-state index >= 15 is 0 Å². The van der Waals surface area contributed by atoms with Gasteiger partial charge < -0.3 is 10.2 Å². The van der Waals surface area contributed by atoms with Crippen molar-refractivity contribution in [2.75, 3.05) is 5.73 Å². The van der Waals surface area contributed by atoms with Gasteiger partial charge in [0.2, 0.25) is 5.22 Å². The van der Waals surface area contributed by atoms with Gasteiger partial charge in [-0.05, 0) is 23.7 Å². The Hall–Kier alpha value is -1.91. The summed E-state index contributed by atoms with van der Waals surface area (Å²) in [4.78, 5) is 0. The molecule has 3 aromatic rings. The molecule has 0 saturated heterocycles. The number of nitrogen functional groups attached to an aromatic ring is 1. The Labute approximate surface area is 125 Å². The van der Waals surface area contributed by atoms with Gasteiger partial charge in [-0.2, -0.15) is 5.10 Å². The molecule has 0 unspecified atom stereocenters. The first-order chi connectivity index (χ1) is 9.59. The standard InChI is InChI=1S/C14H11Cl2N3O/c1-19-14(17)11(8-4-2-3-5-10(8)15)12(18-19)9-6-7-20-13(9)16/h2-7H,17H2,1H3. The normalized spacial score (nSPS) is 10.9. The topological polar surface area (TPSA) is 57.0 Å². The molecule has 4 nitrogen and oxygen atoms in total. The predicted molar refractivity (Wildman–Crippen MR) is 80.8 cm³/mol. The maximum absolute atomic E-state index is 6.26. The van der Waals surface area contributed by atoms with Crippen LogP contribution in [0.25, 0.3) is 22.4 Å². The van der Waals surface area contributed by atoms with Gasteiger partial charge in [-0.1, -0.05) is 29.8 Å². The Morgan fingerprint density at radius 1 is 1.15 bits per heavy atom. The average molecular weight is 308 g/mol. The molecule has 102 valence electrons. The molecule has 0 aliphatic heterocycles. The molecule has 0 amide bonds. The van der Waals surface area contributed by atoms with Crippen LogP contribution in [0.1, 0.15) is 0 Å². The van der Waals surface area contributed by atoms with Gasteiger partial charge in [-0.15, -0.1) is 0 Å². The van der Waals surface area contributed by atoms with Gasteiger partial charge >= 0.3 is 0 Å². The SMILES string of the molecule is Cn1nc(-c2ccoc2Cl)c(-c2ccccc2Cl)c1N. The highest BCUT2D eigenvalue weighted by molar-refractivity contribution is 6.34. The molecule has 0 saturated carbocycles. The van der Waals surface area contributed by atoms with E-state index < -0.39 is 0 Å². The summed E-state index contributed by atoms with van der Waals surface area (Å²) in [5.41, 5.74) is 9.03. The number of nitrogens with zero attached hydrogens (tertiary/aromatic N) is 2. The molecule has 0 aliphatic carbocycles. The Balaban J connectivity index is 2.31. The van der Waals surface area contributed by atoms with Gasteiger partial charge in [0, 0.05) is 17.6 Å². The Morgan fingerprint density at radius 3 is 2.55 bits per heavy atom. The Kier molecular flexibility index (Phi) is 3.20. The minimum Gasteiger partial charge on any atom is -0.452 e. The van der Waals surface area contributed by atoms with Crippen LogP contribution in [-0.2, 0) is 7.05 Å². The second-order valence-corrected chi connectivity index (χ2v) is 5.07. The van der Waals surface area contributed by atoms with Crippen molar-refractivity contribution in [2.24, 2.45) is 7.05 Å². The zero-order valence-electron chi connectivity index (χ0n) is 10.6. The number of benzene rings is 1. The van der Waals surface area contributed by atoms with E-state index in [2.05, 4.69) is 5.10 Å². The van der Waals surface area contributed by atoms with Gasteiger partial charge in [0.25, 0.3) is 0 Å². The highest BCUT2D eigenvalue weighted by Crippen LogP contribution is 2.41. The molecule has 2 N–H and O–H groups in total.